The Bertz CT molecular complexity index is 859. The highest BCUT2D eigenvalue weighted by Gasteiger charge is 2.10. The van der Waals surface area contributed by atoms with Crippen molar-refractivity contribution in [2.24, 2.45) is 18.0 Å². The van der Waals surface area contributed by atoms with E-state index in [1.54, 1.807) is 0 Å². The number of benzene rings is 1. The van der Waals surface area contributed by atoms with Gasteiger partial charge in [0.05, 0.1) is 12.2 Å². The summed E-state index contributed by atoms with van der Waals surface area (Å²) >= 11 is 0. The van der Waals surface area contributed by atoms with Crippen LogP contribution >= 0.6 is 24.0 Å². The molecule has 0 fully saturated rings. The second-order valence-electron chi connectivity index (χ2n) is 7.67. The van der Waals surface area contributed by atoms with Crippen molar-refractivity contribution >= 4 is 41.5 Å². The summed E-state index contributed by atoms with van der Waals surface area (Å²) in [5.41, 5.74) is 5.21. The highest BCUT2D eigenvalue weighted by atomic mass is 127. The smallest absolute Gasteiger partial charge is 0.224 e. The van der Waals surface area contributed by atoms with Gasteiger partial charge in [0.25, 0.3) is 0 Å². The van der Waals surface area contributed by atoms with Crippen molar-refractivity contribution in [3.05, 3.63) is 46.8 Å². The minimum absolute atomic E-state index is 0. The Morgan fingerprint density at radius 2 is 1.97 bits per heavy atom. The number of aliphatic imine (C=N–C) groups is 1. The van der Waals surface area contributed by atoms with Crippen LogP contribution in [0.2, 0.25) is 0 Å². The molecule has 0 radical (unpaired) electrons. The minimum atomic E-state index is 0. The van der Waals surface area contributed by atoms with Crippen molar-refractivity contribution in [3.8, 4) is 0 Å². The van der Waals surface area contributed by atoms with Crippen LogP contribution in [0.4, 0.5) is 5.69 Å². The van der Waals surface area contributed by atoms with Crippen LogP contribution in [0.15, 0.2) is 29.3 Å². The predicted octanol–water partition coefficient (Wildman–Crippen LogP) is 3.89. The van der Waals surface area contributed by atoms with Gasteiger partial charge in [0.1, 0.15) is 0 Å². The van der Waals surface area contributed by atoms with E-state index in [1.807, 2.05) is 63.7 Å². The Labute approximate surface area is 197 Å². The van der Waals surface area contributed by atoms with Crippen molar-refractivity contribution in [2.75, 3.05) is 11.9 Å². The van der Waals surface area contributed by atoms with Crippen molar-refractivity contribution in [1.29, 1.82) is 0 Å². The fourth-order valence-electron chi connectivity index (χ4n) is 3.09. The molecule has 0 aliphatic rings. The second kappa shape index (κ2) is 12.6. The first-order valence-electron chi connectivity index (χ1n) is 10.2. The molecule has 2 rings (SSSR count). The Balaban J connectivity index is 0.00000450. The fourth-order valence-corrected chi connectivity index (χ4v) is 3.09. The quantitative estimate of drug-likeness (QED) is 0.277. The lowest BCUT2D eigenvalue weighted by Crippen LogP contribution is -2.37. The number of hydrogen-bond donors (Lipinski definition) is 3. The third kappa shape index (κ3) is 7.97. The Morgan fingerprint density at radius 3 is 2.57 bits per heavy atom. The van der Waals surface area contributed by atoms with Crippen LogP contribution in [-0.4, -0.2) is 28.2 Å². The van der Waals surface area contributed by atoms with Gasteiger partial charge in [-0.25, -0.2) is 4.99 Å². The molecule has 1 aromatic carbocycles. The maximum Gasteiger partial charge on any atom is 0.224 e. The molecule has 0 atom stereocenters. The van der Waals surface area contributed by atoms with Gasteiger partial charge < -0.3 is 16.0 Å². The highest BCUT2D eigenvalue weighted by Crippen LogP contribution is 2.14. The molecular formula is C22H35IN6O. The van der Waals surface area contributed by atoms with Crippen LogP contribution in [0.25, 0.3) is 0 Å². The van der Waals surface area contributed by atoms with E-state index in [2.05, 4.69) is 33.0 Å². The molecule has 1 amide bonds. The zero-order chi connectivity index (χ0) is 21.4. The van der Waals surface area contributed by atoms with Crippen LogP contribution < -0.4 is 16.0 Å². The molecule has 0 saturated carbocycles. The van der Waals surface area contributed by atoms with E-state index in [0.717, 1.165) is 35.1 Å². The fraction of sp³-hybridized carbons (Fsp3) is 0.500. The number of nitrogens with zero attached hydrogens (tertiary/aromatic N) is 3. The van der Waals surface area contributed by atoms with Crippen LogP contribution in [0.5, 0.6) is 0 Å². The predicted molar refractivity (Wildman–Crippen MR) is 134 cm³/mol. The third-order valence-corrected chi connectivity index (χ3v) is 4.66. The van der Waals surface area contributed by atoms with E-state index in [4.69, 9.17) is 0 Å². The van der Waals surface area contributed by atoms with E-state index in [0.29, 0.717) is 25.4 Å². The van der Waals surface area contributed by atoms with E-state index in [-0.39, 0.29) is 29.9 Å². The molecule has 2 aromatic rings. The average molecular weight is 526 g/mol. The van der Waals surface area contributed by atoms with Crippen LogP contribution in [0, 0.1) is 19.8 Å². The Hall–Kier alpha value is -2.10. The van der Waals surface area contributed by atoms with Crippen LogP contribution in [0.3, 0.4) is 0 Å². The molecular weight excluding hydrogens is 491 g/mol. The minimum Gasteiger partial charge on any atom is -0.357 e. The molecule has 8 heteroatoms. The number of carbonyl (C=O) groups is 1. The van der Waals surface area contributed by atoms with Crippen LogP contribution in [-0.2, 0) is 24.9 Å². The highest BCUT2D eigenvalue weighted by molar-refractivity contribution is 14.0. The normalized spacial score (nSPS) is 11.2. The Morgan fingerprint density at radius 1 is 1.23 bits per heavy atom. The summed E-state index contributed by atoms with van der Waals surface area (Å²) in [4.78, 5) is 16.7. The Kier molecular flexibility index (Phi) is 10.9. The van der Waals surface area contributed by atoms with Gasteiger partial charge in [-0.15, -0.1) is 24.0 Å². The lowest BCUT2D eigenvalue weighted by atomic mass is 10.1. The number of halogens is 1. The first kappa shape index (κ1) is 25.9. The number of carbonyl (C=O) groups excluding carboxylic acids is 1. The summed E-state index contributed by atoms with van der Waals surface area (Å²) in [6.07, 6.45) is 0.518. The summed E-state index contributed by atoms with van der Waals surface area (Å²) in [5, 5.41) is 14.1. The molecule has 1 aromatic heterocycles. The summed E-state index contributed by atoms with van der Waals surface area (Å²) < 4.78 is 1.90. The summed E-state index contributed by atoms with van der Waals surface area (Å²) in [5.74, 6) is 1.13. The largest absolute Gasteiger partial charge is 0.357 e. The summed E-state index contributed by atoms with van der Waals surface area (Å²) in [6, 6.07) is 7.84. The topological polar surface area (TPSA) is 83.3 Å². The first-order chi connectivity index (χ1) is 13.8. The van der Waals surface area contributed by atoms with Gasteiger partial charge in [-0.05, 0) is 44.4 Å². The molecule has 0 bridgehead atoms. The maximum absolute atomic E-state index is 12.0. The first-order valence-corrected chi connectivity index (χ1v) is 10.2. The van der Waals surface area contributed by atoms with Gasteiger partial charge in [-0.3, -0.25) is 9.48 Å². The van der Waals surface area contributed by atoms with Crippen molar-refractivity contribution in [1.82, 2.24) is 20.4 Å². The second-order valence-corrected chi connectivity index (χ2v) is 7.67. The van der Waals surface area contributed by atoms with Gasteiger partial charge in [-0.2, -0.15) is 5.10 Å². The number of hydrogen-bond acceptors (Lipinski definition) is 3. The maximum atomic E-state index is 12.0. The monoisotopic (exact) mass is 526 g/mol. The van der Waals surface area contributed by atoms with Gasteiger partial charge in [0.15, 0.2) is 5.96 Å². The lowest BCUT2D eigenvalue weighted by Gasteiger charge is -2.12. The van der Waals surface area contributed by atoms with Gasteiger partial charge >= 0.3 is 0 Å². The molecule has 166 valence electrons. The SMILES string of the molecule is CCNC(=NCc1cccc(NC(=O)CC(C)C)c1)NCc1c(C)nn(C)c1C.I. The van der Waals surface area contributed by atoms with E-state index in [1.165, 1.54) is 5.56 Å². The number of aromatic nitrogens is 2. The number of guanidine groups is 1. The molecule has 0 aliphatic heterocycles. The molecule has 0 unspecified atom stereocenters. The summed E-state index contributed by atoms with van der Waals surface area (Å²) in [6.45, 7) is 12.2. The molecule has 1 heterocycles. The van der Waals surface area contributed by atoms with E-state index < -0.39 is 0 Å². The molecule has 30 heavy (non-hydrogen) atoms. The summed E-state index contributed by atoms with van der Waals surface area (Å²) in [7, 11) is 1.96. The third-order valence-electron chi connectivity index (χ3n) is 4.66. The number of rotatable bonds is 8. The van der Waals surface area contributed by atoms with Crippen molar-refractivity contribution < 1.29 is 4.79 Å². The van der Waals surface area contributed by atoms with Crippen molar-refractivity contribution in [3.63, 3.8) is 0 Å². The van der Waals surface area contributed by atoms with Gasteiger partial charge in [-0.1, -0.05) is 26.0 Å². The molecule has 0 spiro atoms. The van der Waals surface area contributed by atoms with Crippen molar-refractivity contribution in [2.45, 2.75) is 54.1 Å². The van der Waals surface area contributed by atoms with Gasteiger partial charge in [0, 0.05) is 43.5 Å². The zero-order valence-electron chi connectivity index (χ0n) is 18.9. The molecule has 0 aliphatic carbocycles. The van der Waals surface area contributed by atoms with Gasteiger partial charge in [0.2, 0.25) is 5.91 Å². The molecule has 3 N–H and O–H groups in total. The number of aryl methyl sites for hydroxylation is 2. The standard InChI is InChI=1S/C22H34N6O.HI/c1-7-23-22(25-14-20-16(4)27-28(6)17(20)5)24-13-18-9-8-10-19(12-18)26-21(29)11-15(2)3;/h8-10,12,15H,7,11,13-14H2,1-6H3,(H,26,29)(H2,23,24,25);1H. The van der Waals surface area contributed by atoms with E-state index >= 15 is 0 Å². The number of nitrogens with one attached hydrogen (secondary N) is 3. The average Bonchev–Trinajstić information content (AvgIpc) is 2.89. The zero-order valence-corrected chi connectivity index (χ0v) is 21.2. The van der Waals surface area contributed by atoms with E-state index in [9.17, 15) is 4.79 Å². The molecule has 7 nitrogen and oxygen atoms in total. The number of anilines is 1. The number of amides is 1. The molecule has 0 saturated heterocycles. The lowest BCUT2D eigenvalue weighted by molar-refractivity contribution is -0.116. The van der Waals surface area contributed by atoms with Crippen LogP contribution in [0.1, 0.15) is 49.7 Å².